The van der Waals surface area contributed by atoms with Crippen LogP contribution in [0, 0.1) is 0 Å². The number of rotatable bonds is 6. The number of urea groups is 1. The van der Waals surface area contributed by atoms with Crippen LogP contribution in [0.1, 0.15) is 26.7 Å². The number of carboxylic acid groups (broad SMARTS) is 1. The van der Waals surface area contributed by atoms with Crippen molar-refractivity contribution in [3.8, 4) is 0 Å². The highest BCUT2D eigenvalue weighted by molar-refractivity contribution is 5.88. The number of aliphatic carboxylic acids is 1. The van der Waals surface area contributed by atoms with Crippen LogP contribution in [-0.2, 0) is 11.3 Å². The number of carboxylic acids is 1. The number of anilines is 1. The normalized spacial score (nSPS) is 12.0. The first-order valence-electron chi connectivity index (χ1n) is 6.38. The molecule has 2 amide bonds. The fourth-order valence-electron chi connectivity index (χ4n) is 1.64. The molecule has 0 spiro atoms. The lowest BCUT2D eigenvalue weighted by molar-refractivity contribution is -0.142. The summed E-state index contributed by atoms with van der Waals surface area (Å²) in [5.41, 5.74) is -0.781. The van der Waals surface area contributed by atoms with E-state index in [4.69, 9.17) is 5.11 Å². The molecule has 1 rings (SSSR count). The van der Waals surface area contributed by atoms with Gasteiger partial charge in [0.05, 0.1) is 0 Å². The summed E-state index contributed by atoms with van der Waals surface area (Å²) in [6.45, 7) is 2.02. The topological polar surface area (TPSA) is 96.3 Å². The van der Waals surface area contributed by atoms with Gasteiger partial charge < -0.3 is 10.4 Å². The van der Waals surface area contributed by atoms with E-state index in [-0.39, 0.29) is 18.7 Å². The van der Waals surface area contributed by atoms with E-state index in [2.05, 4.69) is 15.7 Å². The average Bonchev–Trinajstić information content (AvgIpc) is 2.70. The molecule has 10 heteroatoms. The first kappa shape index (κ1) is 17.8. The summed E-state index contributed by atoms with van der Waals surface area (Å²) >= 11 is 0. The number of nitrogens with one attached hydrogen (secondary N) is 2. The van der Waals surface area contributed by atoms with Gasteiger partial charge in [-0.3, -0.25) is 14.8 Å². The van der Waals surface area contributed by atoms with Gasteiger partial charge in [0.1, 0.15) is 6.54 Å². The summed E-state index contributed by atoms with van der Waals surface area (Å²) in [4.78, 5) is 22.2. The molecule has 1 heterocycles. The Kier molecular flexibility index (Phi) is 5.39. The molecular weight excluding hydrogens is 305 g/mol. The number of carbonyl (C=O) groups excluding carboxylic acids is 1. The summed E-state index contributed by atoms with van der Waals surface area (Å²) in [5.74, 6) is -1.02. The van der Waals surface area contributed by atoms with Gasteiger partial charge in [0.2, 0.25) is 0 Å². The van der Waals surface area contributed by atoms with Gasteiger partial charge in [0.15, 0.2) is 5.82 Å². The molecule has 1 aromatic rings. The molecule has 7 nitrogen and oxygen atoms in total. The van der Waals surface area contributed by atoms with Crippen LogP contribution in [0.2, 0.25) is 0 Å². The van der Waals surface area contributed by atoms with Crippen LogP contribution >= 0.6 is 0 Å². The van der Waals surface area contributed by atoms with E-state index in [0.29, 0.717) is 4.68 Å². The van der Waals surface area contributed by atoms with E-state index in [9.17, 15) is 22.8 Å². The molecule has 124 valence electrons. The van der Waals surface area contributed by atoms with E-state index in [1.165, 1.54) is 6.07 Å². The van der Waals surface area contributed by atoms with Gasteiger partial charge in [0.25, 0.3) is 0 Å². The average molecular weight is 322 g/mol. The van der Waals surface area contributed by atoms with Crippen LogP contribution in [0.5, 0.6) is 0 Å². The Morgan fingerprint density at radius 1 is 1.36 bits per heavy atom. The number of hydrogen-bond donors (Lipinski definition) is 3. The molecule has 22 heavy (non-hydrogen) atoms. The quantitative estimate of drug-likeness (QED) is 0.748. The fraction of sp³-hybridized carbons (Fsp3) is 0.583. The van der Waals surface area contributed by atoms with Gasteiger partial charge in [-0.1, -0.05) is 0 Å². The highest BCUT2D eigenvalue weighted by Gasteiger charge is 2.28. The van der Waals surface area contributed by atoms with Gasteiger partial charge in [-0.05, 0) is 20.3 Å². The van der Waals surface area contributed by atoms with E-state index < -0.39 is 30.3 Å². The van der Waals surface area contributed by atoms with Crippen molar-refractivity contribution in [2.75, 3.05) is 5.32 Å². The van der Waals surface area contributed by atoms with E-state index in [0.717, 1.165) is 6.20 Å². The second-order valence-corrected chi connectivity index (χ2v) is 5.37. The third-order valence-corrected chi connectivity index (χ3v) is 2.64. The largest absolute Gasteiger partial charge is 0.481 e. The zero-order chi connectivity index (χ0) is 17.0. The third kappa shape index (κ3) is 6.95. The maximum atomic E-state index is 12.2. The SMILES string of the molecule is CC(C)(CCC(=O)O)NC(=O)Nc1ccn(CC(F)(F)F)n1. The van der Waals surface area contributed by atoms with Gasteiger partial charge in [-0.15, -0.1) is 0 Å². The zero-order valence-electron chi connectivity index (χ0n) is 12.1. The van der Waals surface area contributed by atoms with E-state index in [1.807, 2.05) is 0 Å². The minimum atomic E-state index is -4.40. The van der Waals surface area contributed by atoms with Crippen LogP contribution in [0.3, 0.4) is 0 Å². The predicted molar refractivity (Wildman–Crippen MR) is 71.4 cm³/mol. The molecule has 0 saturated carbocycles. The summed E-state index contributed by atoms with van der Waals surface area (Å²) in [6, 6.07) is 0.558. The molecule has 3 N–H and O–H groups in total. The second-order valence-electron chi connectivity index (χ2n) is 5.37. The van der Waals surface area contributed by atoms with Gasteiger partial charge >= 0.3 is 18.2 Å². The van der Waals surface area contributed by atoms with Crippen LogP contribution in [0.25, 0.3) is 0 Å². The minimum Gasteiger partial charge on any atom is -0.481 e. The third-order valence-electron chi connectivity index (χ3n) is 2.64. The van der Waals surface area contributed by atoms with Crippen molar-refractivity contribution in [3.63, 3.8) is 0 Å². The maximum absolute atomic E-state index is 12.2. The minimum absolute atomic E-state index is 0.0317. The summed E-state index contributed by atoms with van der Waals surface area (Å²) in [7, 11) is 0. The Morgan fingerprint density at radius 2 is 2.00 bits per heavy atom. The Hall–Kier alpha value is -2.26. The highest BCUT2D eigenvalue weighted by atomic mass is 19.4. The lowest BCUT2D eigenvalue weighted by atomic mass is 9.99. The van der Waals surface area contributed by atoms with E-state index in [1.54, 1.807) is 13.8 Å². The van der Waals surface area contributed by atoms with Crippen LogP contribution < -0.4 is 10.6 Å². The highest BCUT2D eigenvalue weighted by Crippen LogP contribution is 2.17. The second kappa shape index (κ2) is 6.67. The molecule has 0 unspecified atom stereocenters. The number of alkyl halides is 3. The standard InChI is InChI=1S/C12H17F3N4O3/c1-11(2,5-3-9(20)21)17-10(22)16-8-4-6-19(18-8)7-12(13,14)15/h4,6H,3,5,7H2,1-2H3,(H,20,21)(H2,16,17,18,22). The summed E-state index contributed by atoms with van der Waals surface area (Å²) in [5, 5.41) is 17.0. The van der Waals surface area contributed by atoms with Gasteiger partial charge in [-0.2, -0.15) is 18.3 Å². The van der Waals surface area contributed by atoms with Crippen molar-refractivity contribution >= 4 is 17.8 Å². The Bertz CT molecular complexity index is 540. The lowest BCUT2D eigenvalue weighted by Gasteiger charge is -2.25. The molecule has 0 saturated heterocycles. The van der Waals surface area contributed by atoms with E-state index >= 15 is 0 Å². The first-order chi connectivity index (χ1) is 9.97. The number of carbonyl (C=O) groups is 2. The van der Waals surface area contributed by atoms with Gasteiger partial charge in [0, 0.05) is 24.2 Å². The fourth-order valence-corrected chi connectivity index (χ4v) is 1.64. The molecular formula is C12H17F3N4O3. The predicted octanol–water partition coefficient (Wildman–Crippen LogP) is 2.21. The number of hydrogen-bond acceptors (Lipinski definition) is 3. The number of halogens is 3. The monoisotopic (exact) mass is 322 g/mol. The molecule has 0 aromatic carbocycles. The van der Waals surface area contributed by atoms with Crippen molar-refractivity contribution in [1.82, 2.24) is 15.1 Å². The molecule has 0 aliphatic heterocycles. The Morgan fingerprint density at radius 3 is 2.55 bits per heavy atom. The molecule has 0 bridgehead atoms. The molecule has 0 radical (unpaired) electrons. The Labute approximate surface area is 124 Å². The first-order valence-corrected chi connectivity index (χ1v) is 6.38. The van der Waals surface area contributed by atoms with Crippen LogP contribution in [0.15, 0.2) is 12.3 Å². The molecule has 0 aliphatic carbocycles. The van der Waals surface area contributed by atoms with Crippen LogP contribution in [0.4, 0.5) is 23.8 Å². The number of aromatic nitrogens is 2. The summed E-state index contributed by atoms with van der Waals surface area (Å²) < 4.78 is 37.2. The molecule has 1 aromatic heterocycles. The van der Waals surface area contributed by atoms with Crippen molar-refractivity contribution in [3.05, 3.63) is 12.3 Å². The Balaban J connectivity index is 2.53. The smallest absolute Gasteiger partial charge is 0.408 e. The van der Waals surface area contributed by atoms with Gasteiger partial charge in [-0.25, -0.2) is 4.79 Å². The summed E-state index contributed by atoms with van der Waals surface area (Å²) in [6.07, 6.45) is -3.21. The zero-order valence-corrected chi connectivity index (χ0v) is 12.1. The lowest BCUT2D eigenvalue weighted by Crippen LogP contribution is -2.45. The molecule has 0 atom stereocenters. The molecule has 0 fully saturated rings. The number of amides is 2. The van der Waals surface area contributed by atoms with Crippen molar-refractivity contribution in [2.45, 2.75) is 44.9 Å². The maximum Gasteiger partial charge on any atom is 0.408 e. The van der Waals surface area contributed by atoms with Crippen LogP contribution in [-0.4, -0.2) is 38.6 Å². The molecule has 0 aliphatic rings. The van der Waals surface area contributed by atoms with Crippen molar-refractivity contribution in [2.24, 2.45) is 0 Å². The van der Waals surface area contributed by atoms with Crippen molar-refractivity contribution in [1.29, 1.82) is 0 Å². The number of nitrogens with zero attached hydrogens (tertiary/aromatic N) is 2. The van der Waals surface area contributed by atoms with Crippen molar-refractivity contribution < 1.29 is 27.9 Å².